The largest absolute Gasteiger partial charge is 0.300 e. The standard InChI is InChI=1S/C28H41FN2O/c1-4-5-8-24(32)17-28(11-6-7-12-28)18-26-25-19-30-23(14-22(25)13-20(2)31-26)10-9-21-15-27(3,29)16-21/h13-14,21,25H,4-12,15-19H2,1-3H3. The number of carbonyl (C=O) groups excluding carboxylic acids is 1. The Balaban J connectivity index is 1.40. The molecule has 4 rings (SSSR count). The lowest BCUT2D eigenvalue weighted by Gasteiger charge is -2.39. The molecule has 1 unspecified atom stereocenters. The molecule has 32 heavy (non-hydrogen) atoms. The molecule has 0 aromatic carbocycles. The van der Waals surface area contributed by atoms with Crippen LogP contribution in [0.4, 0.5) is 4.39 Å². The molecule has 4 heteroatoms. The minimum atomic E-state index is -0.939. The van der Waals surface area contributed by atoms with Crippen LogP contribution in [0.1, 0.15) is 104 Å². The molecule has 0 aromatic heterocycles. The summed E-state index contributed by atoms with van der Waals surface area (Å²) in [4.78, 5) is 22.6. The van der Waals surface area contributed by atoms with Crippen molar-refractivity contribution in [3.8, 4) is 0 Å². The van der Waals surface area contributed by atoms with Crippen molar-refractivity contribution < 1.29 is 9.18 Å². The van der Waals surface area contributed by atoms with Crippen molar-refractivity contribution in [1.29, 1.82) is 0 Å². The van der Waals surface area contributed by atoms with Crippen molar-refractivity contribution in [1.82, 2.24) is 0 Å². The average molecular weight is 441 g/mol. The summed E-state index contributed by atoms with van der Waals surface area (Å²) >= 11 is 0. The van der Waals surface area contributed by atoms with Crippen molar-refractivity contribution in [2.75, 3.05) is 6.54 Å². The Bertz CT molecular complexity index is 833. The molecule has 0 bridgehead atoms. The number of hydrogen-bond acceptors (Lipinski definition) is 3. The molecule has 0 spiro atoms. The van der Waals surface area contributed by atoms with E-state index >= 15 is 0 Å². The summed E-state index contributed by atoms with van der Waals surface area (Å²) in [6.07, 6.45) is 17.2. The van der Waals surface area contributed by atoms with Crippen molar-refractivity contribution >= 4 is 17.2 Å². The van der Waals surface area contributed by atoms with E-state index in [2.05, 4.69) is 26.0 Å². The maximum absolute atomic E-state index is 13.8. The number of aliphatic imine (C=N–C) groups is 2. The highest BCUT2D eigenvalue weighted by atomic mass is 19.1. The van der Waals surface area contributed by atoms with Crippen LogP contribution in [0.2, 0.25) is 0 Å². The SMILES string of the molecule is CCCCC(=O)CC1(CC2=NC(C)=CC3=CC(CCC4CC(C)(F)C4)=NCC32)CCCC1. The first-order valence-electron chi connectivity index (χ1n) is 13.0. The predicted molar refractivity (Wildman–Crippen MR) is 131 cm³/mol. The van der Waals surface area contributed by atoms with Gasteiger partial charge in [0.2, 0.25) is 0 Å². The Labute approximate surface area is 193 Å². The van der Waals surface area contributed by atoms with E-state index in [1.807, 2.05) is 0 Å². The van der Waals surface area contributed by atoms with E-state index in [4.69, 9.17) is 9.98 Å². The van der Waals surface area contributed by atoms with Crippen LogP contribution in [-0.2, 0) is 4.79 Å². The lowest BCUT2D eigenvalue weighted by atomic mass is 9.71. The van der Waals surface area contributed by atoms with Crippen LogP contribution in [0.5, 0.6) is 0 Å². The van der Waals surface area contributed by atoms with Crippen LogP contribution in [-0.4, -0.2) is 29.4 Å². The van der Waals surface area contributed by atoms with Gasteiger partial charge in [-0.05, 0) is 94.3 Å². The molecule has 0 saturated heterocycles. The zero-order valence-corrected chi connectivity index (χ0v) is 20.4. The summed E-state index contributed by atoms with van der Waals surface area (Å²) in [7, 11) is 0. The normalized spacial score (nSPS) is 31.1. The molecule has 0 radical (unpaired) electrons. The average Bonchev–Trinajstić information content (AvgIpc) is 3.16. The maximum atomic E-state index is 13.8. The number of rotatable bonds is 10. The van der Waals surface area contributed by atoms with Crippen LogP contribution in [0.3, 0.4) is 0 Å². The summed E-state index contributed by atoms with van der Waals surface area (Å²) in [6.45, 7) is 6.74. The van der Waals surface area contributed by atoms with E-state index < -0.39 is 5.67 Å². The number of unbranched alkanes of at least 4 members (excludes halogenated alkanes) is 1. The number of hydrogen-bond donors (Lipinski definition) is 0. The number of fused-ring (bicyclic) bond motifs is 1. The summed E-state index contributed by atoms with van der Waals surface area (Å²) < 4.78 is 13.8. The number of allylic oxidation sites excluding steroid dienone is 3. The van der Waals surface area contributed by atoms with Crippen LogP contribution in [0, 0.1) is 17.3 Å². The van der Waals surface area contributed by atoms with Gasteiger partial charge in [0.05, 0.1) is 6.54 Å². The number of ketones is 1. The second-order valence-corrected chi connectivity index (χ2v) is 11.3. The fourth-order valence-electron chi connectivity index (χ4n) is 6.49. The van der Waals surface area contributed by atoms with Gasteiger partial charge in [0.25, 0.3) is 0 Å². The Kier molecular flexibility index (Phi) is 7.17. The molecule has 0 aromatic rings. The minimum absolute atomic E-state index is 0.111. The van der Waals surface area contributed by atoms with Crippen LogP contribution < -0.4 is 0 Å². The van der Waals surface area contributed by atoms with Crippen LogP contribution in [0.15, 0.2) is 33.4 Å². The summed E-state index contributed by atoms with van der Waals surface area (Å²) in [5.74, 6) is 1.22. The zero-order chi connectivity index (χ0) is 22.8. The third-order valence-corrected chi connectivity index (χ3v) is 8.15. The fourth-order valence-corrected chi connectivity index (χ4v) is 6.49. The molecule has 2 heterocycles. The monoisotopic (exact) mass is 440 g/mol. The molecular weight excluding hydrogens is 399 g/mol. The number of Topliss-reactive ketones (excluding diaryl/α,β-unsaturated/α-hetero) is 1. The van der Waals surface area contributed by atoms with Crippen molar-refractivity contribution in [3.05, 3.63) is 23.4 Å². The molecule has 4 aliphatic rings. The van der Waals surface area contributed by atoms with Gasteiger partial charge >= 0.3 is 0 Å². The van der Waals surface area contributed by atoms with E-state index in [9.17, 15) is 9.18 Å². The highest BCUT2D eigenvalue weighted by molar-refractivity contribution is 6.01. The summed E-state index contributed by atoms with van der Waals surface area (Å²) in [6, 6.07) is 0. The Morgan fingerprint density at radius 3 is 2.66 bits per heavy atom. The molecular formula is C28H41FN2O. The zero-order valence-electron chi connectivity index (χ0n) is 20.4. The first-order valence-corrected chi connectivity index (χ1v) is 13.0. The van der Waals surface area contributed by atoms with Crippen molar-refractivity contribution in [2.45, 2.75) is 110 Å². The van der Waals surface area contributed by atoms with Crippen molar-refractivity contribution in [2.24, 2.45) is 27.2 Å². The Morgan fingerprint density at radius 1 is 1.22 bits per heavy atom. The number of nitrogens with zero attached hydrogens (tertiary/aromatic N) is 2. The third kappa shape index (κ3) is 5.66. The number of dihydropyridines is 1. The van der Waals surface area contributed by atoms with Gasteiger partial charge in [0, 0.05) is 35.9 Å². The lowest BCUT2D eigenvalue weighted by Crippen LogP contribution is -2.37. The number of alkyl halides is 1. The minimum Gasteiger partial charge on any atom is -0.300 e. The van der Waals surface area contributed by atoms with Gasteiger partial charge in [-0.3, -0.25) is 14.8 Å². The van der Waals surface area contributed by atoms with E-state index in [1.54, 1.807) is 6.92 Å². The molecule has 0 N–H and O–H groups in total. The first kappa shape index (κ1) is 23.6. The molecule has 3 nitrogen and oxygen atoms in total. The first-order chi connectivity index (χ1) is 15.3. The molecule has 176 valence electrons. The molecule has 0 amide bonds. The van der Waals surface area contributed by atoms with E-state index in [1.165, 1.54) is 29.8 Å². The quantitative estimate of drug-likeness (QED) is 0.350. The molecule has 2 aliphatic heterocycles. The summed E-state index contributed by atoms with van der Waals surface area (Å²) in [5.41, 5.74) is 3.99. The van der Waals surface area contributed by atoms with E-state index in [0.29, 0.717) is 24.5 Å². The number of halogens is 1. The van der Waals surface area contributed by atoms with Gasteiger partial charge in [-0.2, -0.15) is 0 Å². The van der Waals surface area contributed by atoms with Gasteiger partial charge in [-0.1, -0.05) is 26.2 Å². The molecule has 2 fully saturated rings. The van der Waals surface area contributed by atoms with E-state index in [-0.39, 0.29) is 11.3 Å². The number of carbonyl (C=O) groups is 1. The van der Waals surface area contributed by atoms with Crippen LogP contribution >= 0.6 is 0 Å². The van der Waals surface area contributed by atoms with Gasteiger partial charge in [-0.25, -0.2) is 4.39 Å². The van der Waals surface area contributed by atoms with Gasteiger partial charge in [0.1, 0.15) is 11.5 Å². The maximum Gasteiger partial charge on any atom is 0.133 e. The topological polar surface area (TPSA) is 41.8 Å². The highest BCUT2D eigenvalue weighted by Gasteiger charge is 2.41. The molecule has 2 aliphatic carbocycles. The predicted octanol–water partition coefficient (Wildman–Crippen LogP) is 7.36. The second kappa shape index (κ2) is 9.73. The molecule has 1 atom stereocenters. The lowest BCUT2D eigenvalue weighted by molar-refractivity contribution is -0.121. The second-order valence-electron chi connectivity index (χ2n) is 11.3. The van der Waals surface area contributed by atoms with E-state index in [0.717, 1.165) is 70.0 Å². The smallest absolute Gasteiger partial charge is 0.133 e. The Morgan fingerprint density at radius 2 is 1.97 bits per heavy atom. The Hall–Kier alpha value is -1.58. The highest BCUT2D eigenvalue weighted by Crippen LogP contribution is 2.47. The molecule has 2 saturated carbocycles. The van der Waals surface area contributed by atoms with Crippen LogP contribution in [0.25, 0.3) is 0 Å². The van der Waals surface area contributed by atoms with Gasteiger partial charge in [-0.15, -0.1) is 0 Å². The fraction of sp³-hybridized carbons (Fsp3) is 0.750. The van der Waals surface area contributed by atoms with Gasteiger partial charge < -0.3 is 0 Å². The summed E-state index contributed by atoms with van der Waals surface area (Å²) in [5, 5.41) is 0. The third-order valence-electron chi connectivity index (χ3n) is 8.15. The van der Waals surface area contributed by atoms with Crippen molar-refractivity contribution in [3.63, 3.8) is 0 Å². The van der Waals surface area contributed by atoms with Gasteiger partial charge in [0.15, 0.2) is 0 Å².